The summed E-state index contributed by atoms with van der Waals surface area (Å²) in [4.78, 5) is 7.20. The highest BCUT2D eigenvalue weighted by Crippen LogP contribution is 2.20. The van der Waals surface area contributed by atoms with Crippen molar-refractivity contribution in [3.63, 3.8) is 0 Å². The molecule has 0 aromatic heterocycles. The van der Waals surface area contributed by atoms with Crippen LogP contribution in [0.15, 0.2) is 30.3 Å². The summed E-state index contributed by atoms with van der Waals surface area (Å²) in [5, 5.41) is 9.96. The molecule has 158 valence electrons. The molecular weight excluding hydrogens is 366 g/mol. The molecule has 29 heavy (non-hydrogen) atoms. The summed E-state index contributed by atoms with van der Waals surface area (Å²) in [5.41, 5.74) is 1.31. The van der Waals surface area contributed by atoms with Crippen LogP contribution < -0.4 is 4.90 Å². The third-order valence-electron chi connectivity index (χ3n) is 6.28. The molecule has 3 heterocycles. The van der Waals surface area contributed by atoms with Crippen molar-refractivity contribution in [1.82, 2.24) is 9.80 Å². The SMILES string of the molecule is OC1COCC1N1CCC(OCC#CCN2CCN(c3ccccc3)CC2)CC1. The minimum Gasteiger partial charge on any atom is -0.389 e. The van der Waals surface area contributed by atoms with Gasteiger partial charge in [0.15, 0.2) is 0 Å². The van der Waals surface area contributed by atoms with E-state index in [-0.39, 0.29) is 18.2 Å². The minimum absolute atomic E-state index is 0.165. The van der Waals surface area contributed by atoms with Gasteiger partial charge in [0, 0.05) is 45.0 Å². The van der Waals surface area contributed by atoms with Gasteiger partial charge >= 0.3 is 0 Å². The molecular formula is C23H33N3O3. The first-order valence-corrected chi connectivity index (χ1v) is 10.9. The largest absolute Gasteiger partial charge is 0.389 e. The zero-order valence-electron chi connectivity index (χ0n) is 17.2. The Balaban J connectivity index is 1.09. The monoisotopic (exact) mass is 399 g/mol. The van der Waals surface area contributed by atoms with Gasteiger partial charge in [-0.25, -0.2) is 0 Å². The van der Waals surface area contributed by atoms with Gasteiger partial charge in [0.1, 0.15) is 6.61 Å². The molecule has 0 radical (unpaired) electrons. The van der Waals surface area contributed by atoms with E-state index >= 15 is 0 Å². The van der Waals surface area contributed by atoms with Crippen molar-refractivity contribution in [3.8, 4) is 11.8 Å². The lowest BCUT2D eigenvalue weighted by atomic mass is 10.0. The summed E-state index contributed by atoms with van der Waals surface area (Å²) in [6, 6.07) is 10.8. The van der Waals surface area contributed by atoms with E-state index in [1.54, 1.807) is 0 Å². The number of piperidine rings is 1. The smallest absolute Gasteiger partial charge is 0.108 e. The predicted octanol–water partition coefficient (Wildman–Crippen LogP) is 1.05. The molecule has 3 aliphatic heterocycles. The lowest BCUT2D eigenvalue weighted by molar-refractivity contribution is -0.00281. The summed E-state index contributed by atoms with van der Waals surface area (Å²) in [5.74, 6) is 6.48. The van der Waals surface area contributed by atoms with Gasteiger partial charge in [-0.2, -0.15) is 0 Å². The first-order valence-electron chi connectivity index (χ1n) is 10.9. The Labute approximate surface area is 174 Å². The number of likely N-dealkylation sites (tertiary alicyclic amines) is 1. The van der Waals surface area contributed by atoms with Crippen molar-refractivity contribution in [2.75, 3.05) is 70.5 Å². The molecule has 2 atom stereocenters. The zero-order valence-corrected chi connectivity index (χ0v) is 17.2. The van der Waals surface area contributed by atoms with Crippen LogP contribution in [0, 0.1) is 11.8 Å². The van der Waals surface area contributed by atoms with E-state index in [1.165, 1.54) is 5.69 Å². The number of hydrogen-bond acceptors (Lipinski definition) is 6. The molecule has 3 saturated heterocycles. The fourth-order valence-corrected chi connectivity index (χ4v) is 4.44. The second-order valence-corrected chi connectivity index (χ2v) is 8.17. The maximum Gasteiger partial charge on any atom is 0.108 e. The molecule has 0 saturated carbocycles. The summed E-state index contributed by atoms with van der Waals surface area (Å²) >= 11 is 0. The highest BCUT2D eigenvalue weighted by molar-refractivity contribution is 5.46. The highest BCUT2D eigenvalue weighted by Gasteiger charge is 2.33. The molecule has 1 N–H and O–H groups in total. The van der Waals surface area contributed by atoms with Crippen molar-refractivity contribution in [2.45, 2.75) is 31.1 Å². The summed E-state index contributed by atoms with van der Waals surface area (Å²) in [6.07, 6.45) is 1.96. The zero-order chi connectivity index (χ0) is 19.9. The maximum absolute atomic E-state index is 9.96. The van der Waals surface area contributed by atoms with Crippen LogP contribution >= 0.6 is 0 Å². The number of nitrogens with zero attached hydrogens (tertiary/aromatic N) is 3. The quantitative estimate of drug-likeness (QED) is 0.747. The lowest BCUT2D eigenvalue weighted by Crippen LogP contribution is -2.48. The van der Waals surface area contributed by atoms with Crippen LogP contribution in [-0.2, 0) is 9.47 Å². The molecule has 6 heteroatoms. The molecule has 0 amide bonds. The van der Waals surface area contributed by atoms with Gasteiger partial charge in [-0.15, -0.1) is 0 Å². The van der Waals surface area contributed by atoms with E-state index in [0.29, 0.717) is 19.8 Å². The average Bonchev–Trinajstić information content (AvgIpc) is 3.21. The molecule has 3 fully saturated rings. The topological polar surface area (TPSA) is 48.4 Å². The van der Waals surface area contributed by atoms with E-state index in [9.17, 15) is 5.11 Å². The standard InChI is InChI=1S/C23H33N3O3/c27-23-19-28-18-22(23)26-11-8-21(9-12-26)29-17-5-4-10-24-13-15-25(16-14-24)20-6-2-1-3-7-20/h1-3,6-7,21-23,27H,8-19H2. The molecule has 4 rings (SSSR count). The van der Waals surface area contributed by atoms with Crippen LogP contribution in [0.4, 0.5) is 5.69 Å². The maximum atomic E-state index is 9.96. The summed E-state index contributed by atoms with van der Waals surface area (Å²) in [7, 11) is 0. The number of hydrogen-bond donors (Lipinski definition) is 1. The number of aliphatic hydroxyl groups excluding tert-OH is 1. The van der Waals surface area contributed by atoms with Gasteiger partial charge in [-0.3, -0.25) is 9.80 Å². The van der Waals surface area contributed by atoms with Crippen LogP contribution in [0.2, 0.25) is 0 Å². The Hall–Kier alpha value is -1.62. The summed E-state index contributed by atoms with van der Waals surface area (Å²) in [6.45, 7) is 8.62. The number of para-hydroxylation sites is 1. The first-order chi connectivity index (χ1) is 14.3. The minimum atomic E-state index is -0.340. The van der Waals surface area contributed by atoms with Crippen LogP contribution in [-0.4, -0.2) is 98.8 Å². The van der Waals surface area contributed by atoms with E-state index in [1.807, 2.05) is 0 Å². The van der Waals surface area contributed by atoms with Gasteiger partial charge in [0.25, 0.3) is 0 Å². The lowest BCUT2D eigenvalue weighted by Gasteiger charge is -2.36. The Bertz CT molecular complexity index is 674. The number of ether oxygens (including phenoxy) is 2. The molecule has 1 aromatic rings. The molecule has 2 unspecified atom stereocenters. The average molecular weight is 400 g/mol. The molecule has 1 aromatic carbocycles. The van der Waals surface area contributed by atoms with Gasteiger partial charge in [0.2, 0.25) is 0 Å². The first kappa shape index (κ1) is 20.6. The van der Waals surface area contributed by atoms with Gasteiger partial charge in [-0.1, -0.05) is 30.0 Å². The van der Waals surface area contributed by atoms with Crippen LogP contribution in [0.3, 0.4) is 0 Å². The number of piperazine rings is 1. The van der Waals surface area contributed by atoms with Crippen LogP contribution in [0.5, 0.6) is 0 Å². The molecule has 6 nitrogen and oxygen atoms in total. The van der Waals surface area contributed by atoms with Gasteiger partial charge in [-0.05, 0) is 25.0 Å². The Morgan fingerprint density at radius 1 is 0.966 bits per heavy atom. The van der Waals surface area contributed by atoms with Gasteiger partial charge in [0.05, 0.1) is 38.0 Å². The number of anilines is 1. The highest BCUT2D eigenvalue weighted by atomic mass is 16.5. The third kappa shape index (κ3) is 5.71. The molecule has 0 spiro atoms. The molecule has 0 bridgehead atoms. The fourth-order valence-electron chi connectivity index (χ4n) is 4.44. The van der Waals surface area contributed by atoms with Crippen molar-refractivity contribution < 1.29 is 14.6 Å². The fraction of sp³-hybridized carbons (Fsp3) is 0.652. The van der Waals surface area contributed by atoms with Crippen molar-refractivity contribution in [3.05, 3.63) is 30.3 Å². The molecule has 3 aliphatic rings. The van der Waals surface area contributed by atoms with Gasteiger partial charge < -0.3 is 19.5 Å². The molecule has 0 aliphatic carbocycles. The Kier molecular flexibility index (Phi) is 7.42. The number of benzene rings is 1. The second kappa shape index (κ2) is 10.4. The van der Waals surface area contributed by atoms with E-state index < -0.39 is 0 Å². The summed E-state index contributed by atoms with van der Waals surface area (Å²) < 4.78 is 11.3. The van der Waals surface area contributed by atoms with Crippen molar-refractivity contribution in [2.24, 2.45) is 0 Å². The Morgan fingerprint density at radius 3 is 2.41 bits per heavy atom. The second-order valence-electron chi connectivity index (χ2n) is 8.17. The van der Waals surface area contributed by atoms with E-state index in [4.69, 9.17) is 9.47 Å². The van der Waals surface area contributed by atoms with Crippen molar-refractivity contribution in [1.29, 1.82) is 0 Å². The van der Waals surface area contributed by atoms with E-state index in [2.05, 4.69) is 56.9 Å². The number of aliphatic hydroxyl groups is 1. The van der Waals surface area contributed by atoms with Crippen LogP contribution in [0.25, 0.3) is 0 Å². The van der Waals surface area contributed by atoms with E-state index in [0.717, 1.165) is 58.7 Å². The third-order valence-corrected chi connectivity index (χ3v) is 6.28. The number of rotatable bonds is 5. The normalized spacial score (nSPS) is 27.0. The van der Waals surface area contributed by atoms with Crippen LogP contribution in [0.1, 0.15) is 12.8 Å². The van der Waals surface area contributed by atoms with Crippen molar-refractivity contribution >= 4 is 5.69 Å². The Morgan fingerprint density at radius 2 is 1.72 bits per heavy atom. The predicted molar refractivity (Wildman–Crippen MR) is 114 cm³/mol.